The van der Waals surface area contributed by atoms with Gasteiger partial charge >= 0.3 is 7.82 Å². The van der Waals surface area contributed by atoms with E-state index in [0.29, 0.717) is 16.3 Å². The van der Waals surface area contributed by atoms with Crippen LogP contribution in [0.15, 0.2) is 11.5 Å². The Labute approximate surface area is 164 Å². The van der Waals surface area contributed by atoms with Gasteiger partial charge in [-0.2, -0.15) is 0 Å². The number of rotatable bonds is 8. The minimum absolute atomic E-state index is 0.163. The molecule has 0 aliphatic carbocycles. The Morgan fingerprint density at radius 1 is 1.36 bits per heavy atom. The summed E-state index contributed by atoms with van der Waals surface area (Å²) in [6, 6.07) is 0. The van der Waals surface area contributed by atoms with Gasteiger partial charge in [-0.15, -0.1) is 0 Å². The summed E-state index contributed by atoms with van der Waals surface area (Å²) in [5.74, 6) is 0.916. The van der Waals surface area contributed by atoms with Crippen LogP contribution in [0.2, 0.25) is 0 Å². The summed E-state index contributed by atoms with van der Waals surface area (Å²) in [4.78, 5) is 30.2. The summed E-state index contributed by atoms with van der Waals surface area (Å²) >= 11 is 1.42. The third kappa shape index (κ3) is 4.47. The summed E-state index contributed by atoms with van der Waals surface area (Å²) in [6.45, 7) is 1.46. The maximum absolute atomic E-state index is 10.9. The topological polar surface area (TPSA) is 186 Å². The fourth-order valence-electron chi connectivity index (χ4n) is 2.80. The number of anilines is 1. The largest absolute Gasteiger partial charge is 0.469 e. The van der Waals surface area contributed by atoms with E-state index in [1.54, 1.807) is 0 Å². The molecule has 0 bridgehead atoms. The molecule has 0 unspecified atom stereocenters. The molecule has 0 radical (unpaired) electrons. The summed E-state index contributed by atoms with van der Waals surface area (Å²) in [5.41, 5.74) is 6.53. The number of phosphoric ester groups is 1. The molecule has 1 aliphatic rings. The van der Waals surface area contributed by atoms with Crippen molar-refractivity contribution < 1.29 is 33.8 Å². The van der Waals surface area contributed by atoms with Crippen LogP contribution in [0.4, 0.5) is 5.82 Å². The van der Waals surface area contributed by atoms with Gasteiger partial charge in [-0.05, 0) is 6.42 Å². The fourth-order valence-corrected chi connectivity index (χ4v) is 4.24. The van der Waals surface area contributed by atoms with Crippen LogP contribution in [0.5, 0.6) is 0 Å². The highest BCUT2D eigenvalue weighted by atomic mass is 32.2. The lowest BCUT2D eigenvalue weighted by Gasteiger charge is -2.19. The lowest BCUT2D eigenvalue weighted by Crippen LogP contribution is -2.33. The Hall–Kier alpha value is -1.31. The molecular formula is C14H22N5O7PS. The second kappa shape index (κ2) is 8.59. The standard InChI is InChI=1S/C14H22N5O7PS/c1-2-3-4-28-14-18-8-11(15)16-6-17-12(8)19(14)13-10(21)9(20)7(26-13)5-25-27(22,23)24/h6-7,9-10,13,20-21H,2-5H2,1H3,(H2,15,16,17)(H2,22,23,24)/t7-,9-,10-,13-/m1/s1. The number of aliphatic hydroxyl groups excluding tert-OH is 2. The zero-order valence-corrected chi connectivity index (χ0v) is 16.7. The van der Waals surface area contributed by atoms with Gasteiger partial charge in [-0.1, -0.05) is 25.1 Å². The maximum atomic E-state index is 10.9. The molecule has 14 heteroatoms. The molecule has 2 aromatic heterocycles. The van der Waals surface area contributed by atoms with E-state index in [9.17, 15) is 14.8 Å². The number of phosphoric acid groups is 1. The number of fused-ring (bicyclic) bond motifs is 1. The predicted molar refractivity (Wildman–Crippen MR) is 99.3 cm³/mol. The zero-order valence-electron chi connectivity index (χ0n) is 15.0. The first-order chi connectivity index (χ1) is 13.2. The van der Waals surface area contributed by atoms with E-state index in [2.05, 4.69) is 26.4 Å². The number of nitrogens with zero attached hydrogens (tertiary/aromatic N) is 4. The highest BCUT2D eigenvalue weighted by molar-refractivity contribution is 7.99. The third-order valence-electron chi connectivity index (χ3n) is 4.20. The molecule has 28 heavy (non-hydrogen) atoms. The van der Waals surface area contributed by atoms with Gasteiger partial charge in [0.15, 0.2) is 28.4 Å². The number of nitrogens with two attached hydrogens (primary N) is 1. The lowest BCUT2D eigenvalue weighted by molar-refractivity contribution is -0.0541. The van der Waals surface area contributed by atoms with Crippen LogP contribution in [-0.2, 0) is 13.8 Å². The van der Waals surface area contributed by atoms with E-state index >= 15 is 0 Å². The zero-order chi connectivity index (χ0) is 20.5. The number of ether oxygens (including phenoxy) is 1. The molecule has 1 saturated heterocycles. The van der Waals surface area contributed by atoms with Gasteiger partial charge in [0.05, 0.1) is 6.61 Å². The van der Waals surface area contributed by atoms with E-state index in [1.165, 1.54) is 22.7 Å². The Balaban J connectivity index is 1.93. The first-order valence-corrected chi connectivity index (χ1v) is 11.1. The van der Waals surface area contributed by atoms with Crippen molar-refractivity contribution in [1.82, 2.24) is 19.5 Å². The van der Waals surface area contributed by atoms with Crippen molar-refractivity contribution in [3.05, 3.63) is 6.33 Å². The van der Waals surface area contributed by atoms with Gasteiger partial charge in [0.2, 0.25) is 0 Å². The van der Waals surface area contributed by atoms with Gasteiger partial charge in [-0.3, -0.25) is 9.09 Å². The van der Waals surface area contributed by atoms with Crippen LogP contribution < -0.4 is 5.73 Å². The van der Waals surface area contributed by atoms with Crippen LogP contribution in [-0.4, -0.2) is 70.2 Å². The first kappa shape index (κ1) is 21.4. The molecule has 0 aromatic carbocycles. The van der Waals surface area contributed by atoms with Crippen LogP contribution in [0.3, 0.4) is 0 Å². The number of aliphatic hydroxyl groups is 2. The second-order valence-corrected chi connectivity index (χ2v) is 8.53. The van der Waals surface area contributed by atoms with Gasteiger partial charge in [0, 0.05) is 5.75 Å². The van der Waals surface area contributed by atoms with Crippen molar-refractivity contribution in [3.8, 4) is 0 Å². The molecule has 1 fully saturated rings. The highest BCUT2D eigenvalue weighted by Gasteiger charge is 2.46. The highest BCUT2D eigenvalue weighted by Crippen LogP contribution is 2.40. The molecule has 156 valence electrons. The third-order valence-corrected chi connectivity index (χ3v) is 5.73. The smallest absolute Gasteiger partial charge is 0.387 e. The normalized spacial score (nSPS) is 25.6. The van der Waals surface area contributed by atoms with Crippen molar-refractivity contribution in [3.63, 3.8) is 0 Å². The number of hydrogen-bond acceptors (Lipinski definition) is 10. The van der Waals surface area contributed by atoms with Gasteiger partial charge in [0.25, 0.3) is 0 Å². The van der Waals surface area contributed by atoms with Crippen LogP contribution in [0.25, 0.3) is 11.2 Å². The molecule has 0 spiro atoms. The van der Waals surface area contributed by atoms with Crippen molar-refractivity contribution in [1.29, 1.82) is 0 Å². The summed E-state index contributed by atoms with van der Waals surface area (Å²) in [7, 11) is -4.75. The number of imidazole rings is 1. The Morgan fingerprint density at radius 2 is 2.11 bits per heavy atom. The molecule has 3 rings (SSSR count). The molecule has 4 atom stereocenters. The van der Waals surface area contributed by atoms with E-state index in [4.69, 9.17) is 20.3 Å². The number of thioether (sulfide) groups is 1. The van der Waals surface area contributed by atoms with Crippen molar-refractivity contribution >= 4 is 36.6 Å². The number of hydrogen-bond donors (Lipinski definition) is 5. The van der Waals surface area contributed by atoms with Crippen LogP contribution in [0.1, 0.15) is 26.0 Å². The number of nitrogen functional groups attached to an aromatic ring is 1. The Kier molecular flexibility index (Phi) is 6.57. The summed E-state index contributed by atoms with van der Waals surface area (Å²) in [6.07, 6.45) is -1.90. The predicted octanol–water partition coefficient (Wildman–Crippen LogP) is 0.0292. The monoisotopic (exact) mass is 435 g/mol. The average molecular weight is 435 g/mol. The maximum Gasteiger partial charge on any atom is 0.469 e. The van der Waals surface area contributed by atoms with Crippen LogP contribution in [0, 0.1) is 0 Å². The molecule has 3 heterocycles. The molecule has 6 N–H and O–H groups in total. The summed E-state index contributed by atoms with van der Waals surface area (Å²) < 4.78 is 22.5. The van der Waals surface area contributed by atoms with Gasteiger partial charge in [0.1, 0.15) is 24.6 Å². The average Bonchev–Trinajstić information content (AvgIpc) is 3.12. The molecule has 1 aliphatic heterocycles. The first-order valence-electron chi connectivity index (χ1n) is 8.55. The van der Waals surface area contributed by atoms with Gasteiger partial charge < -0.3 is 30.5 Å². The molecule has 12 nitrogen and oxygen atoms in total. The van der Waals surface area contributed by atoms with Gasteiger partial charge in [-0.25, -0.2) is 19.5 Å². The Morgan fingerprint density at radius 3 is 2.79 bits per heavy atom. The molecule has 2 aromatic rings. The van der Waals surface area contributed by atoms with E-state index in [-0.39, 0.29) is 5.82 Å². The van der Waals surface area contributed by atoms with Crippen molar-refractivity contribution in [2.75, 3.05) is 18.1 Å². The Bertz CT molecular complexity index is 877. The minimum atomic E-state index is -4.75. The lowest BCUT2D eigenvalue weighted by atomic mass is 10.1. The number of aromatic nitrogens is 4. The second-order valence-electron chi connectivity index (χ2n) is 6.23. The van der Waals surface area contributed by atoms with E-state index in [0.717, 1.165) is 18.6 Å². The molecule has 0 amide bonds. The SMILES string of the molecule is CCCCSc1nc2c(N)ncnc2n1[C@@H]1O[C@H](COP(=O)(O)O)[C@@H](O)[C@H]1O. The van der Waals surface area contributed by atoms with Crippen LogP contribution >= 0.6 is 19.6 Å². The molecule has 0 saturated carbocycles. The molecular weight excluding hydrogens is 413 g/mol. The van der Waals surface area contributed by atoms with Crippen molar-refractivity contribution in [2.45, 2.75) is 49.5 Å². The van der Waals surface area contributed by atoms with E-state index in [1.807, 2.05) is 0 Å². The van der Waals surface area contributed by atoms with E-state index < -0.39 is 39.0 Å². The fraction of sp³-hybridized carbons (Fsp3) is 0.643. The van der Waals surface area contributed by atoms with Crippen molar-refractivity contribution in [2.24, 2.45) is 0 Å². The number of unbranched alkanes of at least 4 members (excludes halogenated alkanes) is 1. The minimum Gasteiger partial charge on any atom is -0.387 e. The quantitative estimate of drug-likeness (QED) is 0.213. The summed E-state index contributed by atoms with van der Waals surface area (Å²) in [5, 5.41) is 21.2.